The van der Waals surface area contributed by atoms with E-state index in [2.05, 4.69) is 15.3 Å². The van der Waals surface area contributed by atoms with Crippen molar-refractivity contribution in [3.05, 3.63) is 70.3 Å². The highest BCUT2D eigenvalue weighted by atomic mass is 35.5. The first kappa shape index (κ1) is 20.0. The third-order valence-corrected chi connectivity index (χ3v) is 5.66. The summed E-state index contributed by atoms with van der Waals surface area (Å²) in [4.78, 5) is 15.3. The fraction of sp³-hybridized carbons (Fsp3) is 0.273. The van der Waals surface area contributed by atoms with E-state index in [1.165, 1.54) is 12.8 Å². The summed E-state index contributed by atoms with van der Waals surface area (Å²) in [5.41, 5.74) is 2.66. The Kier molecular flexibility index (Phi) is 6.19. The van der Waals surface area contributed by atoms with Gasteiger partial charge < -0.3 is 10.2 Å². The number of carbonyl (C=O) groups excluding carboxylic acids is 1. The number of halogens is 2. The number of hydrogen-bond donors (Lipinski definition) is 1. The van der Waals surface area contributed by atoms with Gasteiger partial charge >= 0.3 is 0 Å². The average Bonchev–Trinajstić information content (AvgIpc) is 3.39. The van der Waals surface area contributed by atoms with Crippen LogP contribution in [0.2, 0.25) is 10.0 Å². The standard InChI is InChI=1S/C22H22Cl2N4O/c23-16-7-9-17(10-8-16)28-21(22(29)25-11-14-27-12-3-4-13-27)15-20(26-28)18-5-1-2-6-19(18)24/h1-2,5-10,15H,3-4,11-14H2,(H,25,29). The largest absolute Gasteiger partial charge is 0.349 e. The summed E-state index contributed by atoms with van der Waals surface area (Å²) >= 11 is 12.4. The first-order valence-corrected chi connectivity index (χ1v) is 10.5. The van der Waals surface area contributed by atoms with Crippen LogP contribution >= 0.6 is 23.2 Å². The molecule has 1 aliphatic rings. The van der Waals surface area contributed by atoms with E-state index in [1.807, 2.05) is 36.4 Å². The molecule has 1 aromatic heterocycles. The second-order valence-corrected chi connectivity index (χ2v) is 7.93. The summed E-state index contributed by atoms with van der Waals surface area (Å²) < 4.78 is 1.64. The van der Waals surface area contributed by atoms with Crippen LogP contribution in [0.25, 0.3) is 16.9 Å². The highest BCUT2D eigenvalue weighted by molar-refractivity contribution is 6.33. The quantitative estimate of drug-likeness (QED) is 0.620. The van der Waals surface area contributed by atoms with Gasteiger partial charge in [0.15, 0.2) is 0 Å². The van der Waals surface area contributed by atoms with Crippen LogP contribution in [0.1, 0.15) is 23.3 Å². The minimum atomic E-state index is -0.162. The van der Waals surface area contributed by atoms with E-state index in [0.29, 0.717) is 28.0 Å². The molecule has 0 aliphatic carbocycles. The number of rotatable bonds is 6. The van der Waals surface area contributed by atoms with Gasteiger partial charge in [0, 0.05) is 23.7 Å². The van der Waals surface area contributed by atoms with Gasteiger partial charge in [0.25, 0.3) is 5.91 Å². The zero-order chi connectivity index (χ0) is 20.2. The lowest BCUT2D eigenvalue weighted by Gasteiger charge is -2.15. The Balaban J connectivity index is 1.62. The van der Waals surface area contributed by atoms with Crippen molar-refractivity contribution in [1.29, 1.82) is 0 Å². The molecule has 1 aliphatic heterocycles. The maximum absolute atomic E-state index is 13.0. The van der Waals surface area contributed by atoms with Crippen LogP contribution in [0.5, 0.6) is 0 Å². The molecule has 0 saturated carbocycles. The van der Waals surface area contributed by atoms with E-state index in [-0.39, 0.29) is 5.91 Å². The summed E-state index contributed by atoms with van der Waals surface area (Å²) in [5, 5.41) is 8.91. The van der Waals surface area contributed by atoms with Crippen molar-refractivity contribution in [2.75, 3.05) is 26.2 Å². The van der Waals surface area contributed by atoms with E-state index in [9.17, 15) is 4.79 Å². The van der Waals surface area contributed by atoms with E-state index in [4.69, 9.17) is 23.2 Å². The molecule has 150 valence electrons. The third-order valence-electron chi connectivity index (χ3n) is 5.08. The Morgan fingerprint density at radius 2 is 1.76 bits per heavy atom. The molecule has 2 heterocycles. The molecule has 1 saturated heterocycles. The fourth-order valence-electron chi connectivity index (χ4n) is 3.55. The van der Waals surface area contributed by atoms with Crippen LogP contribution in [0.4, 0.5) is 0 Å². The van der Waals surface area contributed by atoms with Crippen LogP contribution < -0.4 is 5.32 Å². The van der Waals surface area contributed by atoms with Gasteiger partial charge in [-0.3, -0.25) is 4.79 Å². The van der Waals surface area contributed by atoms with Gasteiger partial charge in [-0.15, -0.1) is 0 Å². The molecule has 0 spiro atoms. The number of benzene rings is 2. The summed E-state index contributed by atoms with van der Waals surface area (Å²) in [7, 11) is 0. The smallest absolute Gasteiger partial charge is 0.270 e. The van der Waals surface area contributed by atoms with Crippen molar-refractivity contribution in [1.82, 2.24) is 20.0 Å². The number of likely N-dealkylation sites (tertiary alicyclic amines) is 1. The average molecular weight is 429 g/mol. The molecular weight excluding hydrogens is 407 g/mol. The second kappa shape index (κ2) is 8.99. The van der Waals surface area contributed by atoms with Crippen molar-refractivity contribution >= 4 is 29.1 Å². The van der Waals surface area contributed by atoms with E-state index < -0.39 is 0 Å². The summed E-state index contributed by atoms with van der Waals surface area (Å²) in [6.07, 6.45) is 2.47. The van der Waals surface area contributed by atoms with Crippen LogP contribution in [0, 0.1) is 0 Å². The number of nitrogens with one attached hydrogen (secondary N) is 1. The molecule has 3 aromatic rings. The van der Waals surface area contributed by atoms with Gasteiger partial charge in [-0.2, -0.15) is 5.10 Å². The van der Waals surface area contributed by atoms with Gasteiger partial charge in [0.1, 0.15) is 5.69 Å². The van der Waals surface area contributed by atoms with Crippen molar-refractivity contribution in [2.45, 2.75) is 12.8 Å². The third kappa shape index (κ3) is 4.64. The zero-order valence-electron chi connectivity index (χ0n) is 15.9. The Bertz CT molecular complexity index is 994. The molecule has 0 unspecified atom stereocenters. The van der Waals surface area contributed by atoms with Gasteiger partial charge in [-0.05, 0) is 62.3 Å². The molecule has 4 rings (SSSR count). The topological polar surface area (TPSA) is 50.2 Å². The molecule has 1 amide bonds. The number of nitrogens with zero attached hydrogens (tertiary/aromatic N) is 3. The molecule has 29 heavy (non-hydrogen) atoms. The molecular formula is C22H22Cl2N4O. The van der Waals surface area contributed by atoms with Gasteiger partial charge in [-0.1, -0.05) is 41.4 Å². The predicted octanol–water partition coefficient (Wildman–Crippen LogP) is 4.67. The molecule has 5 nitrogen and oxygen atoms in total. The summed E-state index contributed by atoms with van der Waals surface area (Å²) in [5.74, 6) is -0.162. The van der Waals surface area contributed by atoms with Crippen molar-refractivity contribution in [3.8, 4) is 16.9 Å². The highest BCUT2D eigenvalue weighted by Crippen LogP contribution is 2.28. The molecule has 1 N–H and O–H groups in total. The van der Waals surface area contributed by atoms with Crippen LogP contribution in [0.3, 0.4) is 0 Å². The van der Waals surface area contributed by atoms with E-state index in [1.54, 1.807) is 22.9 Å². The summed E-state index contributed by atoms with van der Waals surface area (Å²) in [6, 6.07) is 16.5. The van der Waals surface area contributed by atoms with Crippen LogP contribution in [-0.4, -0.2) is 46.8 Å². The zero-order valence-corrected chi connectivity index (χ0v) is 17.5. The molecule has 0 bridgehead atoms. The molecule has 0 atom stereocenters. The summed E-state index contributed by atoms with van der Waals surface area (Å²) in [6.45, 7) is 3.68. The maximum Gasteiger partial charge on any atom is 0.270 e. The first-order chi connectivity index (χ1) is 14.1. The fourth-order valence-corrected chi connectivity index (χ4v) is 3.91. The maximum atomic E-state index is 13.0. The second-order valence-electron chi connectivity index (χ2n) is 7.09. The lowest BCUT2D eigenvalue weighted by Crippen LogP contribution is -2.34. The Morgan fingerprint density at radius 1 is 1.03 bits per heavy atom. The normalized spacial score (nSPS) is 14.3. The van der Waals surface area contributed by atoms with E-state index >= 15 is 0 Å². The molecule has 2 aromatic carbocycles. The van der Waals surface area contributed by atoms with E-state index in [0.717, 1.165) is 30.9 Å². The minimum absolute atomic E-state index is 0.162. The number of hydrogen-bond acceptors (Lipinski definition) is 3. The Labute approximate surface area is 180 Å². The van der Waals surface area contributed by atoms with Gasteiger partial charge in [0.05, 0.1) is 16.4 Å². The lowest BCUT2D eigenvalue weighted by atomic mass is 10.1. The van der Waals surface area contributed by atoms with Gasteiger partial charge in [0.2, 0.25) is 0 Å². The van der Waals surface area contributed by atoms with Crippen molar-refractivity contribution in [2.24, 2.45) is 0 Å². The van der Waals surface area contributed by atoms with Crippen molar-refractivity contribution in [3.63, 3.8) is 0 Å². The minimum Gasteiger partial charge on any atom is -0.349 e. The molecule has 7 heteroatoms. The SMILES string of the molecule is O=C(NCCN1CCCC1)c1cc(-c2ccccc2Cl)nn1-c1ccc(Cl)cc1. The van der Waals surface area contributed by atoms with Crippen molar-refractivity contribution < 1.29 is 4.79 Å². The van der Waals surface area contributed by atoms with Crippen LogP contribution in [0.15, 0.2) is 54.6 Å². The first-order valence-electron chi connectivity index (χ1n) is 9.73. The lowest BCUT2D eigenvalue weighted by molar-refractivity contribution is 0.0942. The molecule has 1 fully saturated rings. The number of amides is 1. The number of aromatic nitrogens is 2. The Morgan fingerprint density at radius 3 is 2.48 bits per heavy atom. The Hall–Kier alpha value is -2.34. The highest BCUT2D eigenvalue weighted by Gasteiger charge is 2.19. The molecule has 0 radical (unpaired) electrons. The van der Waals surface area contributed by atoms with Crippen LogP contribution in [-0.2, 0) is 0 Å². The van der Waals surface area contributed by atoms with Gasteiger partial charge in [-0.25, -0.2) is 4.68 Å². The predicted molar refractivity (Wildman–Crippen MR) is 117 cm³/mol. The monoisotopic (exact) mass is 428 g/mol. The number of carbonyl (C=O) groups is 1.